The summed E-state index contributed by atoms with van der Waals surface area (Å²) < 4.78 is 9.58. The molecule has 0 bridgehead atoms. The van der Waals surface area contributed by atoms with Gasteiger partial charge >= 0.3 is 12.2 Å². The van der Waals surface area contributed by atoms with Crippen LogP contribution in [-0.2, 0) is 31.9 Å². The van der Waals surface area contributed by atoms with Crippen LogP contribution in [0.3, 0.4) is 0 Å². The van der Waals surface area contributed by atoms with Crippen LogP contribution < -0.4 is 15.5 Å². The van der Waals surface area contributed by atoms with E-state index in [1.807, 2.05) is 68.6 Å². The third-order valence-corrected chi connectivity index (χ3v) is 12.5. The minimum atomic E-state index is -0.731. The lowest BCUT2D eigenvalue weighted by molar-refractivity contribution is -0.135. The second-order valence-corrected chi connectivity index (χ2v) is 16.7. The van der Waals surface area contributed by atoms with Crippen LogP contribution in [0.4, 0.5) is 15.3 Å². The Hall–Kier alpha value is -6.74. The van der Waals surface area contributed by atoms with Gasteiger partial charge in [-0.2, -0.15) is 0 Å². The van der Waals surface area contributed by atoms with E-state index in [1.165, 1.54) is 14.2 Å². The van der Waals surface area contributed by atoms with Crippen LogP contribution in [0.15, 0.2) is 79.1 Å². The normalized spacial score (nSPS) is 18.7. The van der Waals surface area contributed by atoms with Crippen LogP contribution in [0.2, 0.25) is 5.15 Å². The molecule has 0 aliphatic carbocycles. The number of imidazole rings is 2. The first kappa shape index (κ1) is 40.7. The van der Waals surface area contributed by atoms with Gasteiger partial charge in [0.1, 0.15) is 23.7 Å². The number of aromatic amines is 2. The average molecular weight is 856 g/mol. The largest absolute Gasteiger partial charge is 0.453 e. The zero-order chi connectivity index (χ0) is 43.2. The quantitative estimate of drug-likeness (QED) is 0.113. The number of nitrogens with one attached hydrogen (secondary N) is 4. The summed E-state index contributed by atoms with van der Waals surface area (Å²) in [6.07, 6.45) is 5.54. The average Bonchev–Trinajstić information content (AvgIpc) is 4.11. The minimum Gasteiger partial charge on any atom is -0.453 e. The SMILES string of the molecule is COC(=O)N[C@H]1CCc2cccc3c2N(C1=O)[C@H](c1ncc(-c2cnc4cc(-c5ccc(-c6[nH]c([C@@H]7CCCN7C(=O)[C@@H](NC(=O)OC)C(C)C)nc6Cl)cc5)ccc4c2)[nH]1)C3. The molecule has 4 N–H and O–H groups in total. The second-order valence-electron chi connectivity index (χ2n) is 16.3. The molecule has 3 aliphatic rings. The van der Waals surface area contributed by atoms with Gasteiger partial charge in [0.05, 0.1) is 55.1 Å². The van der Waals surface area contributed by atoms with Gasteiger partial charge in [-0.25, -0.2) is 19.6 Å². The number of fused-ring (bicyclic) bond motifs is 1. The Kier molecular flexibility index (Phi) is 10.9. The van der Waals surface area contributed by atoms with Gasteiger partial charge in [-0.15, -0.1) is 0 Å². The maximum absolute atomic E-state index is 14.0. The summed E-state index contributed by atoms with van der Waals surface area (Å²) in [6, 6.07) is 20.2. The number of benzene rings is 3. The predicted octanol–water partition coefficient (Wildman–Crippen LogP) is 7.68. The van der Waals surface area contributed by atoms with Crippen molar-refractivity contribution in [1.29, 1.82) is 0 Å². The van der Waals surface area contributed by atoms with Crippen LogP contribution in [0.1, 0.15) is 68.0 Å². The summed E-state index contributed by atoms with van der Waals surface area (Å²) in [4.78, 5) is 76.4. The Morgan fingerprint density at radius 3 is 2.37 bits per heavy atom. The van der Waals surface area contributed by atoms with Crippen molar-refractivity contribution in [3.05, 3.63) is 107 Å². The number of methoxy groups -OCH3 is 2. The number of halogens is 1. The summed E-state index contributed by atoms with van der Waals surface area (Å²) in [5.41, 5.74) is 9.01. The maximum atomic E-state index is 14.0. The van der Waals surface area contributed by atoms with E-state index in [0.29, 0.717) is 54.7 Å². The number of rotatable bonds is 9. The predicted molar refractivity (Wildman–Crippen MR) is 233 cm³/mol. The Bertz CT molecular complexity index is 2710. The van der Waals surface area contributed by atoms with E-state index < -0.39 is 24.3 Å². The summed E-state index contributed by atoms with van der Waals surface area (Å²) in [7, 11) is 2.57. The van der Waals surface area contributed by atoms with Crippen LogP contribution in [0, 0.1) is 5.92 Å². The van der Waals surface area contributed by atoms with Gasteiger partial charge in [0, 0.05) is 35.7 Å². The lowest BCUT2D eigenvalue weighted by Gasteiger charge is -2.29. The van der Waals surface area contributed by atoms with Gasteiger partial charge in [-0.05, 0) is 66.0 Å². The van der Waals surface area contributed by atoms with Crippen LogP contribution in [0.5, 0.6) is 0 Å². The van der Waals surface area contributed by atoms with Gasteiger partial charge in [0.15, 0.2) is 5.15 Å². The fourth-order valence-corrected chi connectivity index (χ4v) is 9.27. The minimum absolute atomic E-state index is 0.140. The van der Waals surface area contributed by atoms with Crippen LogP contribution >= 0.6 is 11.6 Å². The molecule has 1 saturated heterocycles. The molecular formula is C46H46ClN9O6. The number of hydrogen-bond acceptors (Lipinski definition) is 9. The zero-order valence-corrected chi connectivity index (χ0v) is 35.5. The highest BCUT2D eigenvalue weighted by atomic mass is 35.5. The first-order valence-electron chi connectivity index (χ1n) is 20.8. The zero-order valence-electron chi connectivity index (χ0n) is 34.7. The molecule has 3 aromatic carbocycles. The third kappa shape index (κ3) is 7.50. The Labute approximate surface area is 362 Å². The van der Waals surface area contributed by atoms with E-state index >= 15 is 0 Å². The molecule has 3 aliphatic heterocycles. The Balaban J connectivity index is 0.908. The molecule has 0 unspecified atom stereocenters. The number of H-pyrrole nitrogens is 2. The number of carbonyl (C=O) groups is 4. The summed E-state index contributed by atoms with van der Waals surface area (Å²) in [5.74, 6) is 0.744. The van der Waals surface area contributed by atoms with Crippen molar-refractivity contribution in [3.63, 3.8) is 0 Å². The number of anilines is 1. The molecule has 6 heterocycles. The van der Waals surface area contributed by atoms with E-state index in [9.17, 15) is 19.2 Å². The molecule has 4 amide bonds. The van der Waals surface area contributed by atoms with Gasteiger partial charge in [0.2, 0.25) is 11.8 Å². The Morgan fingerprint density at radius 2 is 1.60 bits per heavy atom. The Morgan fingerprint density at radius 1 is 0.839 bits per heavy atom. The number of alkyl carbamates (subject to hydrolysis) is 2. The molecule has 6 aromatic rings. The molecule has 15 nitrogen and oxygen atoms in total. The molecule has 3 aromatic heterocycles. The van der Waals surface area contributed by atoms with Crippen molar-refractivity contribution >= 4 is 52.2 Å². The number of ether oxygens (including phenoxy) is 2. The molecule has 9 rings (SSSR count). The number of aromatic nitrogens is 5. The van der Waals surface area contributed by atoms with Gasteiger partial charge in [-0.1, -0.05) is 80.0 Å². The molecule has 0 spiro atoms. The van der Waals surface area contributed by atoms with Crippen molar-refractivity contribution in [2.75, 3.05) is 25.7 Å². The van der Waals surface area contributed by atoms with Crippen molar-refractivity contribution in [2.45, 2.75) is 70.1 Å². The van der Waals surface area contributed by atoms with Gasteiger partial charge < -0.3 is 35.0 Å². The summed E-state index contributed by atoms with van der Waals surface area (Å²) >= 11 is 6.71. The van der Waals surface area contributed by atoms with Crippen molar-refractivity contribution in [3.8, 4) is 33.6 Å². The lowest BCUT2D eigenvalue weighted by atomic mass is 10.0. The summed E-state index contributed by atoms with van der Waals surface area (Å²) in [6.45, 7) is 4.31. The molecule has 318 valence electrons. The fraction of sp³-hybridized carbons (Fsp3) is 0.326. The third-order valence-electron chi connectivity index (χ3n) is 12.2. The highest BCUT2D eigenvalue weighted by molar-refractivity contribution is 6.32. The monoisotopic (exact) mass is 855 g/mol. The number of carbonyl (C=O) groups excluding carboxylic acids is 4. The second kappa shape index (κ2) is 16.6. The maximum Gasteiger partial charge on any atom is 0.407 e. The van der Waals surface area contributed by atoms with E-state index in [-0.39, 0.29) is 29.8 Å². The smallest absolute Gasteiger partial charge is 0.407 e. The van der Waals surface area contributed by atoms with Crippen LogP contribution in [0.25, 0.3) is 44.5 Å². The van der Waals surface area contributed by atoms with Crippen molar-refractivity contribution < 1.29 is 28.7 Å². The van der Waals surface area contributed by atoms with Crippen LogP contribution in [-0.4, -0.2) is 86.7 Å². The molecule has 0 radical (unpaired) electrons. The standard InChI is InChI=1S/C46H46ClN9O6/c1-24(2)37(53-46(60)62-4)44(58)55-18-6-9-35(55)42-52-38(40(47)54-42)26-12-10-25(11-13-26)28-14-15-29-19-31(22-48-33(29)20-28)34-23-49-41(50-34)36-21-30-8-5-7-27-16-17-32(51-45(59)61-3)43(57)56(36)39(27)30/h5,7-8,10-15,19-20,22-24,32,35-37H,6,9,16-18,21H2,1-4H3,(H,49,50)(H,51,59)(H,52,54)(H,53,60)/t32-,35-,36-,37-/m0/s1. The highest BCUT2D eigenvalue weighted by Crippen LogP contribution is 2.45. The van der Waals surface area contributed by atoms with Crippen molar-refractivity contribution in [2.24, 2.45) is 5.92 Å². The number of amides is 4. The van der Waals surface area contributed by atoms with E-state index in [1.54, 1.807) is 16.0 Å². The van der Waals surface area contributed by atoms with Crippen molar-refractivity contribution in [1.82, 2.24) is 40.5 Å². The highest BCUT2D eigenvalue weighted by Gasteiger charge is 2.43. The number of likely N-dealkylation sites (tertiary alicyclic amines) is 1. The van der Waals surface area contributed by atoms with Gasteiger partial charge in [-0.3, -0.25) is 19.5 Å². The van der Waals surface area contributed by atoms with E-state index in [2.05, 4.69) is 43.8 Å². The van der Waals surface area contributed by atoms with Gasteiger partial charge in [0.25, 0.3) is 0 Å². The van der Waals surface area contributed by atoms with E-state index in [0.717, 1.165) is 62.1 Å². The molecule has 62 heavy (non-hydrogen) atoms. The fourth-order valence-electron chi connectivity index (χ4n) is 9.03. The number of nitrogens with zero attached hydrogens (tertiary/aromatic N) is 5. The molecular weight excluding hydrogens is 810 g/mol. The lowest BCUT2D eigenvalue weighted by Crippen LogP contribution is -2.51. The number of para-hydroxylation sites is 1. The molecule has 16 heteroatoms. The molecule has 4 atom stereocenters. The molecule has 1 fully saturated rings. The number of hydrogen-bond donors (Lipinski definition) is 4. The van der Waals surface area contributed by atoms with E-state index in [4.69, 9.17) is 31.0 Å². The first-order valence-corrected chi connectivity index (χ1v) is 21.1. The number of aryl methyl sites for hydroxylation is 1. The number of pyridine rings is 1. The first-order chi connectivity index (χ1) is 30.0. The molecule has 0 saturated carbocycles. The summed E-state index contributed by atoms with van der Waals surface area (Å²) in [5, 5.41) is 6.68. The topological polar surface area (TPSA) is 188 Å².